The molecule has 0 unspecified atom stereocenters. The molecule has 0 aliphatic carbocycles. The lowest BCUT2D eigenvalue weighted by molar-refractivity contribution is -0.385. The maximum absolute atomic E-state index is 13.0. The van der Waals surface area contributed by atoms with E-state index in [4.69, 9.17) is 20.8 Å². The molecule has 8 nitrogen and oxygen atoms in total. The number of hydrogen-bond acceptors (Lipinski definition) is 7. The Morgan fingerprint density at radius 3 is 2.63 bits per heavy atom. The normalized spacial score (nSPS) is 11.8. The molecular formula is C17H11ClFN3O5. The Morgan fingerprint density at radius 2 is 1.96 bits per heavy atom. The van der Waals surface area contributed by atoms with Crippen molar-refractivity contribution >= 4 is 23.3 Å². The molecule has 0 aliphatic rings. The molecule has 0 radical (unpaired) electrons. The second kappa shape index (κ2) is 7.50. The van der Waals surface area contributed by atoms with Gasteiger partial charge in [-0.25, -0.2) is 9.18 Å². The van der Waals surface area contributed by atoms with Crippen LogP contribution in [0.25, 0.3) is 11.5 Å². The number of aromatic nitrogens is 2. The summed E-state index contributed by atoms with van der Waals surface area (Å²) in [5.74, 6) is -1.28. The highest BCUT2D eigenvalue weighted by atomic mass is 35.5. The van der Waals surface area contributed by atoms with Crippen LogP contribution in [-0.2, 0) is 4.74 Å². The van der Waals surface area contributed by atoms with Gasteiger partial charge in [0.25, 0.3) is 11.6 Å². The van der Waals surface area contributed by atoms with E-state index in [0.717, 1.165) is 12.1 Å². The van der Waals surface area contributed by atoms with E-state index in [-0.39, 0.29) is 22.4 Å². The Balaban J connectivity index is 1.79. The van der Waals surface area contributed by atoms with Gasteiger partial charge < -0.3 is 9.15 Å². The van der Waals surface area contributed by atoms with Crippen molar-refractivity contribution in [3.05, 3.63) is 74.9 Å². The average Bonchev–Trinajstić information content (AvgIpc) is 3.12. The maximum atomic E-state index is 13.0. The minimum absolute atomic E-state index is 0.0210. The summed E-state index contributed by atoms with van der Waals surface area (Å²) in [6.07, 6.45) is -0.974. The largest absolute Gasteiger partial charge is 0.449 e. The molecule has 138 valence electrons. The number of rotatable bonds is 5. The average molecular weight is 392 g/mol. The molecular weight excluding hydrogens is 381 g/mol. The molecule has 1 atom stereocenters. The summed E-state index contributed by atoms with van der Waals surface area (Å²) in [4.78, 5) is 22.7. The van der Waals surface area contributed by atoms with Crippen molar-refractivity contribution < 1.29 is 23.3 Å². The molecule has 3 aromatic rings. The number of nitro benzene ring substituents is 1. The van der Waals surface area contributed by atoms with Gasteiger partial charge in [0.2, 0.25) is 5.89 Å². The van der Waals surface area contributed by atoms with Gasteiger partial charge in [0.1, 0.15) is 11.4 Å². The molecule has 0 saturated carbocycles. The van der Waals surface area contributed by atoms with E-state index in [2.05, 4.69) is 10.2 Å². The first kappa shape index (κ1) is 18.5. The SMILES string of the molecule is C[C@@H](OC(=O)c1cc(Cl)ccc1[N+](=O)[O-])c1nnc(-c2ccc(F)cc2)o1. The van der Waals surface area contributed by atoms with Crippen LogP contribution < -0.4 is 0 Å². The molecule has 0 amide bonds. The van der Waals surface area contributed by atoms with E-state index < -0.39 is 28.5 Å². The summed E-state index contributed by atoms with van der Waals surface area (Å²) in [6, 6.07) is 8.95. The Morgan fingerprint density at radius 1 is 1.26 bits per heavy atom. The molecule has 0 spiro atoms. The van der Waals surface area contributed by atoms with Gasteiger partial charge in [0.05, 0.1) is 4.92 Å². The molecule has 27 heavy (non-hydrogen) atoms. The van der Waals surface area contributed by atoms with Gasteiger partial charge in [-0.2, -0.15) is 0 Å². The summed E-state index contributed by atoms with van der Waals surface area (Å²) < 4.78 is 23.6. The van der Waals surface area contributed by atoms with Gasteiger partial charge in [-0.3, -0.25) is 10.1 Å². The van der Waals surface area contributed by atoms with Crippen molar-refractivity contribution in [3.8, 4) is 11.5 Å². The number of ether oxygens (including phenoxy) is 1. The second-order valence-corrected chi connectivity index (χ2v) is 5.85. The third kappa shape index (κ3) is 4.09. The van der Waals surface area contributed by atoms with E-state index in [1.807, 2.05) is 0 Å². The van der Waals surface area contributed by atoms with Crippen LogP contribution in [0.3, 0.4) is 0 Å². The Hall–Kier alpha value is -3.33. The highest BCUT2D eigenvalue weighted by molar-refractivity contribution is 6.31. The van der Waals surface area contributed by atoms with E-state index in [1.165, 1.54) is 37.3 Å². The lowest BCUT2D eigenvalue weighted by Crippen LogP contribution is -2.11. The molecule has 1 heterocycles. The standard InChI is InChI=1S/C17H11ClFN3O5/c1-9(15-20-21-16(27-15)10-2-5-12(19)6-3-10)26-17(23)13-8-11(18)4-7-14(13)22(24)25/h2-9H,1H3/t9-/m1/s1. The predicted molar refractivity (Wildman–Crippen MR) is 91.6 cm³/mol. The van der Waals surface area contributed by atoms with E-state index in [9.17, 15) is 19.3 Å². The number of halogens is 2. The van der Waals surface area contributed by atoms with Crippen molar-refractivity contribution in [3.63, 3.8) is 0 Å². The van der Waals surface area contributed by atoms with Crippen LogP contribution in [0.4, 0.5) is 10.1 Å². The molecule has 0 saturated heterocycles. The minimum Gasteiger partial charge on any atom is -0.449 e. The van der Waals surface area contributed by atoms with E-state index in [0.29, 0.717) is 5.56 Å². The van der Waals surface area contributed by atoms with Crippen molar-refractivity contribution in [1.29, 1.82) is 0 Å². The van der Waals surface area contributed by atoms with Crippen LogP contribution in [0, 0.1) is 15.9 Å². The van der Waals surface area contributed by atoms with Gasteiger partial charge in [0, 0.05) is 16.7 Å². The van der Waals surface area contributed by atoms with Gasteiger partial charge in [0.15, 0.2) is 6.10 Å². The third-order valence-electron chi connectivity index (χ3n) is 3.54. The second-order valence-electron chi connectivity index (χ2n) is 5.42. The van der Waals surface area contributed by atoms with Crippen LogP contribution in [0.2, 0.25) is 5.02 Å². The molecule has 0 aliphatic heterocycles. The van der Waals surface area contributed by atoms with E-state index in [1.54, 1.807) is 0 Å². The van der Waals surface area contributed by atoms with Crippen LogP contribution in [0.1, 0.15) is 29.3 Å². The molecule has 1 aromatic heterocycles. The number of nitro groups is 1. The van der Waals surface area contributed by atoms with E-state index >= 15 is 0 Å². The monoisotopic (exact) mass is 391 g/mol. The maximum Gasteiger partial charge on any atom is 0.345 e. The number of carbonyl (C=O) groups excluding carboxylic acids is 1. The lowest BCUT2D eigenvalue weighted by Gasteiger charge is -2.09. The highest BCUT2D eigenvalue weighted by Crippen LogP contribution is 2.27. The molecule has 3 rings (SSSR count). The zero-order valence-corrected chi connectivity index (χ0v) is 14.5. The number of nitrogens with zero attached hydrogens (tertiary/aromatic N) is 3. The fraction of sp³-hybridized carbons (Fsp3) is 0.118. The molecule has 2 aromatic carbocycles. The predicted octanol–water partition coefficient (Wildman–Crippen LogP) is 4.36. The molecule has 0 fully saturated rings. The zero-order chi connectivity index (χ0) is 19.6. The fourth-order valence-electron chi connectivity index (χ4n) is 2.21. The number of carbonyl (C=O) groups is 1. The van der Waals surface area contributed by atoms with Gasteiger partial charge >= 0.3 is 5.97 Å². The van der Waals surface area contributed by atoms with Crippen molar-refractivity contribution in [2.75, 3.05) is 0 Å². The zero-order valence-electron chi connectivity index (χ0n) is 13.8. The third-order valence-corrected chi connectivity index (χ3v) is 3.77. The summed E-state index contributed by atoms with van der Waals surface area (Å²) in [5.41, 5.74) is -0.245. The first-order chi connectivity index (χ1) is 12.8. The van der Waals surface area contributed by atoms with Crippen molar-refractivity contribution in [1.82, 2.24) is 10.2 Å². The quantitative estimate of drug-likeness (QED) is 0.361. The van der Waals surface area contributed by atoms with Crippen molar-refractivity contribution in [2.45, 2.75) is 13.0 Å². The number of hydrogen-bond donors (Lipinski definition) is 0. The van der Waals surface area contributed by atoms with Gasteiger partial charge in [-0.1, -0.05) is 11.6 Å². The summed E-state index contributed by atoms with van der Waals surface area (Å²) in [5, 5.41) is 18.8. The van der Waals surface area contributed by atoms with Gasteiger partial charge in [-0.15, -0.1) is 10.2 Å². The van der Waals surface area contributed by atoms with Crippen molar-refractivity contribution in [2.24, 2.45) is 0 Å². The summed E-state index contributed by atoms with van der Waals surface area (Å²) in [6.45, 7) is 1.47. The topological polar surface area (TPSA) is 108 Å². The van der Waals surface area contributed by atoms with Crippen LogP contribution in [0.15, 0.2) is 46.9 Å². The number of esters is 1. The number of benzene rings is 2. The summed E-state index contributed by atoms with van der Waals surface area (Å²) in [7, 11) is 0. The molecule has 0 bridgehead atoms. The molecule has 0 N–H and O–H groups in total. The van der Waals surface area contributed by atoms with Crippen LogP contribution in [0.5, 0.6) is 0 Å². The lowest BCUT2D eigenvalue weighted by atomic mass is 10.2. The Bertz CT molecular complexity index is 1010. The van der Waals surface area contributed by atoms with Crippen LogP contribution >= 0.6 is 11.6 Å². The fourth-order valence-corrected chi connectivity index (χ4v) is 2.39. The smallest absolute Gasteiger partial charge is 0.345 e. The highest BCUT2D eigenvalue weighted by Gasteiger charge is 2.26. The Labute approximate surface area is 156 Å². The summed E-state index contributed by atoms with van der Waals surface area (Å²) >= 11 is 5.80. The molecule has 10 heteroatoms. The van der Waals surface area contributed by atoms with Gasteiger partial charge in [-0.05, 0) is 43.3 Å². The first-order valence-electron chi connectivity index (χ1n) is 7.59. The minimum atomic E-state index is -0.974. The first-order valence-corrected chi connectivity index (χ1v) is 7.97. The van der Waals surface area contributed by atoms with Crippen LogP contribution in [-0.4, -0.2) is 21.1 Å². The Kier molecular flexibility index (Phi) is 5.13.